The van der Waals surface area contributed by atoms with Gasteiger partial charge in [0.05, 0.1) is 20.8 Å². The average molecular weight is 265 g/mol. The normalized spacial score (nSPS) is 21.2. The molecular weight excluding hydrogens is 242 g/mol. The largest absolute Gasteiger partial charge is 0.493 e. The molecule has 0 radical (unpaired) electrons. The monoisotopic (exact) mass is 265 g/mol. The Labute approximate surface area is 115 Å². The fraction of sp³-hybridized carbons (Fsp3) is 0.600. The lowest BCUT2D eigenvalue weighted by atomic mass is 10.1. The van der Waals surface area contributed by atoms with Gasteiger partial charge in [-0.2, -0.15) is 0 Å². The van der Waals surface area contributed by atoms with Crippen molar-refractivity contribution in [1.82, 2.24) is 5.32 Å². The number of benzene rings is 1. The molecule has 1 aromatic carbocycles. The Bertz CT molecular complexity index is 408. The smallest absolute Gasteiger partial charge is 0.164 e. The third kappa shape index (κ3) is 3.39. The first-order valence-electron chi connectivity index (χ1n) is 6.72. The zero-order valence-corrected chi connectivity index (χ0v) is 11.9. The molecule has 0 amide bonds. The molecule has 2 rings (SSSR count). The van der Waals surface area contributed by atoms with Crippen LogP contribution in [-0.4, -0.2) is 41.0 Å². The first kappa shape index (κ1) is 14.2. The number of ether oxygens (including phenoxy) is 3. The van der Waals surface area contributed by atoms with Crippen LogP contribution in [0.1, 0.15) is 17.9 Å². The second kappa shape index (κ2) is 6.78. The van der Waals surface area contributed by atoms with Crippen LogP contribution in [0, 0.1) is 5.92 Å². The summed E-state index contributed by atoms with van der Waals surface area (Å²) in [6, 6.07) is 6.11. The SMILES string of the molecule is COCCNCC1CC1c1cccc(OC)c1OC. The predicted molar refractivity (Wildman–Crippen MR) is 75.1 cm³/mol. The molecule has 1 aliphatic rings. The first-order valence-corrected chi connectivity index (χ1v) is 6.72. The molecule has 0 aromatic heterocycles. The zero-order valence-electron chi connectivity index (χ0n) is 11.9. The van der Waals surface area contributed by atoms with E-state index in [2.05, 4.69) is 11.4 Å². The molecule has 1 fully saturated rings. The summed E-state index contributed by atoms with van der Waals surface area (Å²) in [4.78, 5) is 0. The lowest BCUT2D eigenvalue weighted by molar-refractivity contribution is 0.199. The number of para-hydroxylation sites is 1. The molecule has 0 heterocycles. The van der Waals surface area contributed by atoms with E-state index in [4.69, 9.17) is 14.2 Å². The Morgan fingerprint density at radius 1 is 1.21 bits per heavy atom. The van der Waals surface area contributed by atoms with Crippen LogP contribution in [0.5, 0.6) is 11.5 Å². The molecule has 4 heteroatoms. The summed E-state index contributed by atoms with van der Waals surface area (Å²) < 4.78 is 15.9. The topological polar surface area (TPSA) is 39.7 Å². The van der Waals surface area contributed by atoms with Crippen LogP contribution in [0.25, 0.3) is 0 Å². The molecule has 0 bridgehead atoms. The van der Waals surface area contributed by atoms with Crippen molar-refractivity contribution >= 4 is 0 Å². The van der Waals surface area contributed by atoms with Gasteiger partial charge in [0.15, 0.2) is 11.5 Å². The molecule has 1 aromatic rings. The van der Waals surface area contributed by atoms with Gasteiger partial charge in [-0.05, 0) is 30.9 Å². The Hall–Kier alpha value is -1.26. The summed E-state index contributed by atoms with van der Waals surface area (Å²) >= 11 is 0. The highest BCUT2D eigenvalue weighted by Gasteiger charge is 2.40. The molecular formula is C15H23NO3. The molecule has 2 atom stereocenters. The summed E-state index contributed by atoms with van der Waals surface area (Å²) in [7, 11) is 5.11. The van der Waals surface area contributed by atoms with Crippen molar-refractivity contribution in [3.8, 4) is 11.5 Å². The molecule has 0 saturated heterocycles. The molecule has 2 unspecified atom stereocenters. The van der Waals surface area contributed by atoms with Gasteiger partial charge in [-0.15, -0.1) is 0 Å². The van der Waals surface area contributed by atoms with Gasteiger partial charge in [0.2, 0.25) is 0 Å². The van der Waals surface area contributed by atoms with E-state index in [1.165, 1.54) is 12.0 Å². The van der Waals surface area contributed by atoms with Crippen molar-refractivity contribution in [2.45, 2.75) is 12.3 Å². The van der Waals surface area contributed by atoms with Crippen molar-refractivity contribution in [2.75, 3.05) is 41.0 Å². The van der Waals surface area contributed by atoms with Crippen LogP contribution < -0.4 is 14.8 Å². The molecule has 19 heavy (non-hydrogen) atoms. The Morgan fingerprint density at radius 3 is 2.74 bits per heavy atom. The standard InChI is InChI=1S/C15H23NO3/c1-17-8-7-16-10-11-9-13(11)12-5-4-6-14(18-2)15(12)19-3/h4-6,11,13,16H,7-10H2,1-3H3. The van der Waals surface area contributed by atoms with Gasteiger partial charge in [-0.3, -0.25) is 0 Å². The third-order valence-electron chi connectivity index (χ3n) is 3.64. The minimum absolute atomic E-state index is 0.583. The van der Waals surface area contributed by atoms with Crippen LogP contribution >= 0.6 is 0 Å². The summed E-state index contributed by atoms with van der Waals surface area (Å²) in [5.41, 5.74) is 1.26. The average Bonchev–Trinajstić information content (AvgIpc) is 3.22. The number of nitrogens with one attached hydrogen (secondary N) is 1. The number of methoxy groups -OCH3 is 3. The van der Waals surface area contributed by atoms with E-state index in [1.807, 2.05) is 12.1 Å². The molecule has 1 saturated carbocycles. The van der Waals surface area contributed by atoms with E-state index in [9.17, 15) is 0 Å². The van der Waals surface area contributed by atoms with E-state index in [-0.39, 0.29) is 0 Å². The minimum Gasteiger partial charge on any atom is -0.493 e. The maximum atomic E-state index is 5.49. The predicted octanol–water partition coefficient (Wildman–Crippen LogP) is 2.04. The minimum atomic E-state index is 0.583. The highest BCUT2D eigenvalue weighted by molar-refractivity contribution is 5.50. The van der Waals surface area contributed by atoms with Crippen LogP contribution in [0.3, 0.4) is 0 Å². The lowest BCUT2D eigenvalue weighted by Crippen LogP contribution is -2.21. The summed E-state index contributed by atoms with van der Waals surface area (Å²) in [5, 5.41) is 3.42. The third-order valence-corrected chi connectivity index (χ3v) is 3.64. The molecule has 0 aliphatic heterocycles. The van der Waals surface area contributed by atoms with Gasteiger partial charge in [-0.25, -0.2) is 0 Å². The lowest BCUT2D eigenvalue weighted by Gasteiger charge is -2.12. The maximum Gasteiger partial charge on any atom is 0.164 e. The van der Waals surface area contributed by atoms with E-state index in [0.29, 0.717) is 11.8 Å². The van der Waals surface area contributed by atoms with Crippen LogP contribution in [-0.2, 0) is 4.74 Å². The highest BCUT2D eigenvalue weighted by Crippen LogP contribution is 2.51. The number of hydrogen-bond acceptors (Lipinski definition) is 4. The summed E-state index contributed by atoms with van der Waals surface area (Å²) in [5.74, 6) is 2.98. The van der Waals surface area contributed by atoms with Gasteiger partial charge in [-0.1, -0.05) is 12.1 Å². The van der Waals surface area contributed by atoms with E-state index < -0.39 is 0 Å². The quantitative estimate of drug-likeness (QED) is 0.730. The Balaban J connectivity index is 1.93. The van der Waals surface area contributed by atoms with Crippen molar-refractivity contribution < 1.29 is 14.2 Å². The Morgan fingerprint density at radius 2 is 2.05 bits per heavy atom. The van der Waals surface area contributed by atoms with Gasteiger partial charge in [0.1, 0.15) is 0 Å². The van der Waals surface area contributed by atoms with Crippen molar-refractivity contribution in [3.63, 3.8) is 0 Å². The van der Waals surface area contributed by atoms with Crippen molar-refractivity contribution in [1.29, 1.82) is 0 Å². The molecule has 1 N–H and O–H groups in total. The van der Waals surface area contributed by atoms with Crippen LogP contribution in [0.2, 0.25) is 0 Å². The van der Waals surface area contributed by atoms with E-state index in [1.54, 1.807) is 21.3 Å². The van der Waals surface area contributed by atoms with Crippen LogP contribution in [0.4, 0.5) is 0 Å². The Kier molecular flexibility index (Phi) is 5.05. The van der Waals surface area contributed by atoms with Gasteiger partial charge in [0, 0.05) is 19.2 Å². The zero-order chi connectivity index (χ0) is 13.7. The summed E-state index contributed by atoms with van der Waals surface area (Å²) in [6.07, 6.45) is 1.21. The highest BCUT2D eigenvalue weighted by atomic mass is 16.5. The fourth-order valence-corrected chi connectivity index (χ4v) is 2.52. The molecule has 4 nitrogen and oxygen atoms in total. The first-order chi connectivity index (χ1) is 9.31. The molecule has 0 spiro atoms. The maximum absolute atomic E-state index is 5.49. The van der Waals surface area contributed by atoms with Crippen molar-refractivity contribution in [3.05, 3.63) is 23.8 Å². The van der Waals surface area contributed by atoms with Gasteiger partial charge < -0.3 is 19.5 Å². The number of hydrogen-bond donors (Lipinski definition) is 1. The second-order valence-electron chi connectivity index (χ2n) is 4.88. The molecule has 1 aliphatic carbocycles. The van der Waals surface area contributed by atoms with E-state index >= 15 is 0 Å². The summed E-state index contributed by atoms with van der Waals surface area (Å²) in [6.45, 7) is 2.71. The number of rotatable bonds is 8. The second-order valence-corrected chi connectivity index (χ2v) is 4.88. The van der Waals surface area contributed by atoms with Crippen LogP contribution in [0.15, 0.2) is 18.2 Å². The van der Waals surface area contributed by atoms with Gasteiger partial charge in [0.25, 0.3) is 0 Å². The molecule has 106 valence electrons. The fourth-order valence-electron chi connectivity index (χ4n) is 2.52. The van der Waals surface area contributed by atoms with E-state index in [0.717, 1.165) is 31.2 Å². The van der Waals surface area contributed by atoms with Gasteiger partial charge >= 0.3 is 0 Å². The van der Waals surface area contributed by atoms with Crippen molar-refractivity contribution in [2.24, 2.45) is 5.92 Å².